The first-order valence-electron chi connectivity index (χ1n) is 8.12. The smallest absolute Gasteiger partial charge is 0.327 e. The van der Waals surface area contributed by atoms with Crippen LogP contribution in [-0.4, -0.2) is 61.5 Å². The van der Waals surface area contributed by atoms with Gasteiger partial charge in [-0.1, -0.05) is 0 Å². The summed E-state index contributed by atoms with van der Waals surface area (Å²) in [6.45, 7) is 3.40. The Balaban J connectivity index is 1.56. The number of nitrogens with zero attached hydrogens (tertiary/aromatic N) is 2. The van der Waals surface area contributed by atoms with Gasteiger partial charge in [0, 0.05) is 22.6 Å². The molecule has 0 bridgehead atoms. The second-order valence-corrected chi connectivity index (χ2v) is 8.57. The zero-order valence-electron chi connectivity index (χ0n) is 14.5. The average Bonchev–Trinajstić information content (AvgIpc) is 2.86. The lowest BCUT2D eigenvalue weighted by atomic mass is 9.96. The van der Waals surface area contributed by atoms with E-state index in [1.54, 1.807) is 13.8 Å². The molecule has 11 heteroatoms. The lowest BCUT2D eigenvalue weighted by molar-refractivity contribution is -0.384. The summed E-state index contributed by atoms with van der Waals surface area (Å²) in [4.78, 5) is 47.3. The Morgan fingerprint density at radius 2 is 1.96 bits per heavy atom. The maximum absolute atomic E-state index is 12.3. The summed E-state index contributed by atoms with van der Waals surface area (Å²) >= 11 is 1.35. The first-order chi connectivity index (χ1) is 12.6. The molecule has 0 aromatic heterocycles. The van der Waals surface area contributed by atoms with Crippen LogP contribution in [0, 0.1) is 10.1 Å². The van der Waals surface area contributed by atoms with Gasteiger partial charge in [-0.3, -0.25) is 19.7 Å². The normalized spacial score (nSPS) is 25.3. The van der Waals surface area contributed by atoms with E-state index in [2.05, 4.69) is 10.6 Å². The monoisotopic (exact) mass is 394 g/mol. The Labute approximate surface area is 158 Å². The summed E-state index contributed by atoms with van der Waals surface area (Å²) in [5, 5.41) is 25.0. The number of benzene rings is 1. The quantitative estimate of drug-likeness (QED) is 0.362. The molecular formula is C16H18N4O6S. The Kier molecular flexibility index (Phi) is 4.72. The number of anilines is 1. The third-order valence-electron chi connectivity index (χ3n) is 4.52. The molecule has 1 aromatic carbocycles. The number of amides is 2. The second-order valence-electron chi connectivity index (χ2n) is 6.80. The van der Waals surface area contributed by atoms with Gasteiger partial charge in [-0.15, -0.1) is 11.8 Å². The zero-order chi connectivity index (χ0) is 19.9. The molecule has 3 rings (SSSR count). The first-order valence-corrected chi connectivity index (χ1v) is 9.00. The Morgan fingerprint density at radius 1 is 1.33 bits per heavy atom. The fourth-order valence-electron chi connectivity index (χ4n) is 3.25. The van der Waals surface area contributed by atoms with E-state index in [0.29, 0.717) is 5.69 Å². The van der Waals surface area contributed by atoms with E-state index < -0.39 is 44.9 Å². The molecule has 2 aliphatic heterocycles. The van der Waals surface area contributed by atoms with Crippen LogP contribution in [0.3, 0.4) is 0 Å². The third kappa shape index (κ3) is 3.42. The molecule has 2 amide bonds. The van der Waals surface area contributed by atoms with Gasteiger partial charge in [-0.05, 0) is 26.0 Å². The molecule has 10 nitrogen and oxygen atoms in total. The van der Waals surface area contributed by atoms with Crippen LogP contribution in [0.15, 0.2) is 24.3 Å². The van der Waals surface area contributed by atoms with E-state index in [4.69, 9.17) is 0 Å². The van der Waals surface area contributed by atoms with Crippen LogP contribution in [0.1, 0.15) is 13.8 Å². The number of β-lactam (4-membered cyclic amide) rings is 1. The average molecular weight is 394 g/mol. The van der Waals surface area contributed by atoms with Crippen molar-refractivity contribution in [1.82, 2.24) is 10.2 Å². The Hall–Kier alpha value is -2.82. The van der Waals surface area contributed by atoms with Crippen LogP contribution in [0.2, 0.25) is 0 Å². The summed E-state index contributed by atoms with van der Waals surface area (Å²) in [6.07, 6.45) is 0. The SMILES string of the molecule is CC1(C)S[C@@H]2C(NC(=O)CNc3ccc([N+](=O)[O-])cc3)C(=O)N2[C@H]1C(=O)O. The van der Waals surface area contributed by atoms with Gasteiger partial charge in [-0.25, -0.2) is 4.79 Å². The molecule has 3 atom stereocenters. The predicted molar refractivity (Wildman–Crippen MR) is 97.2 cm³/mol. The van der Waals surface area contributed by atoms with Crippen LogP contribution < -0.4 is 10.6 Å². The first kappa shape index (κ1) is 19.0. The van der Waals surface area contributed by atoms with Crippen molar-refractivity contribution in [2.45, 2.75) is 36.1 Å². The van der Waals surface area contributed by atoms with Crippen LogP contribution in [-0.2, 0) is 14.4 Å². The van der Waals surface area contributed by atoms with Crippen molar-refractivity contribution in [3.63, 3.8) is 0 Å². The van der Waals surface area contributed by atoms with Crippen LogP contribution >= 0.6 is 11.8 Å². The molecule has 0 spiro atoms. The maximum atomic E-state index is 12.3. The highest BCUT2D eigenvalue weighted by molar-refractivity contribution is 8.01. The highest BCUT2D eigenvalue weighted by Gasteiger charge is 2.64. The summed E-state index contributed by atoms with van der Waals surface area (Å²) in [5.41, 5.74) is 0.471. The largest absolute Gasteiger partial charge is 0.480 e. The molecule has 0 saturated carbocycles. The molecule has 3 N–H and O–H groups in total. The van der Waals surface area contributed by atoms with Crippen molar-refractivity contribution in [2.75, 3.05) is 11.9 Å². The van der Waals surface area contributed by atoms with Gasteiger partial charge in [0.15, 0.2) is 0 Å². The summed E-state index contributed by atoms with van der Waals surface area (Å²) < 4.78 is -0.650. The number of aliphatic carboxylic acids is 1. The number of hydrogen-bond donors (Lipinski definition) is 3. The number of non-ortho nitro benzene ring substituents is 1. The summed E-state index contributed by atoms with van der Waals surface area (Å²) in [6, 6.07) is 3.91. The molecule has 2 saturated heterocycles. The Morgan fingerprint density at radius 3 is 2.52 bits per heavy atom. The minimum atomic E-state index is -1.06. The van der Waals surface area contributed by atoms with Gasteiger partial charge in [-0.2, -0.15) is 0 Å². The molecule has 2 aliphatic rings. The van der Waals surface area contributed by atoms with Crippen LogP contribution in [0.4, 0.5) is 11.4 Å². The van der Waals surface area contributed by atoms with Gasteiger partial charge >= 0.3 is 5.97 Å². The lowest BCUT2D eigenvalue weighted by Gasteiger charge is -2.43. The lowest BCUT2D eigenvalue weighted by Crippen LogP contribution is -2.70. The van der Waals surface area contributed by atoms with Crippen molar-refractivity contribution >= 4 is 40.9 Å². The third-order valence-corrected chi connectivity index (χ3v) is 6.09. The highest BCUT2D eigenvalue weighted by atomic mass is 32.2. The number of nitro groups is 1. The van der Waals surface area contributed by atoms with Gasteiger partial charge < -0.3 is 20.6 Å². The van der Waals surface area contributed by atoms with E-state index in [9.17, 15) is 29.6 Å². The molecule has 0 radical (unpaired) electrons. The summed E-state index contributed by atoms with van der Waals surface area (Å²) in [7, 11) is 0. The molecule has 27 heavy (non-hydrogen) atoms. The number of carboxylic acid groups (broad SMARTS) is 1. The van der Waals surface area contributed by atoms with Gasteiger partial charge in [0.05, 0.1) is 11.5 Å². The van der Waals surface area contributed by atoms with Gasteiger partial charge in [0.25, 0.3) is 5.69 Å². The number of carbonyl (C=O) groups excluding carboxylic acids is 2. The van der Waals surface area contributed by atoms with Crippen molar-refractivity contribution in [3.05, 3.63) is 34.4 Å². The van der Waals surface area contributed by atoms with Crippen molar-refractivity contribution < 1.29 is 24.4 Å². The molecule has 1 aromatic rings. The number of carbonyl (C=O) groups is 3. The second kappa shape index (κ2) is 6.72. The summed E-state index contributed by atoms with van der Waals surface area (Å²) in [5.74, 6) is -1.90. The Bertz CT molecular complexity index is 812. The number of carboxylic acids is 1. The van der Waals surface area contributed by atoms with E-state index in [0.717, 1.165) is 0 Å². The van der Waals surface area contributed by atoms with Gasteiger partial charge in [0.2, 0.25) is 11.8 Å². The van der Waals surface area contributed by atoms with E-state index in [1.165, 1.54) is 40.9 Å². The maximum Gasteiger partial charge on any atom is 0.327 e. The van der Waals surface area contributed by atoms with E-state index in [-0.39, 0.29) is 12.2 Å². The van der Waals surface area contributed by atoms with E-state index >= 15 is 0 Å². The van der Waals surface area contributed by atoms with Crippen molar-refractivity contribution in [2.24, 2.45) is 0 Å². The number of nitrogens with one attached hydrogen (secondary N) is 2. The molecule has 144 valence electrons. The molecule has 0 aliphatic carbocycles. The molecule has 2 fully saturated rings. The fourth-order valence-corrected chi connectivity index (χ4v) is 4.88. The van der Waals surface area contributed by atoms with Gasteiger partial charge in [0.1, 0.15) is 17.5 Å². The highest BCUT2D eigenvalue weighted by Crippen LogP contribution is 2.50. The number of fused-ring (bicyclic) bond motifs is 1. The van der Waals surface area contributed by atoms with Crippen LogP contribution in [0.5, 0.6) is 0 Å². The number of thioether (sulfide) groups is 1. The zero-order valence-corrected chi connectivity index (χ0v) is 15.4. The van der Waals surface area contributed by atoms with Crippen molar-refractivity contribution in [1.29, 1.82) is 0 Å². The van der Waals surface area contributed by atoms with Crippen molar-refractivity contribution in [3.8, 4) is 0 Å². The minimum Gasteiger partial charge on any atom is -0.480 e. The predicted octanol–water partition coefficient (Wildman–Crippen LogP) is 0.638. The molecule has 2 heterocycles. The number of hydrogen-bond acceptors (Lipinski definition) is 7. The fraction of sp³-hybridized carbons (Fsp3) is 0.438. The number of nitro benzene ring substituents is 1. The topological polar surface area (TPSA) is 142 Å². The number of rotatable bonds is 6. The standard InChI is InChI=1S/C16H18N4O6S/c1-16(2)12(15(23)24)19-13(22)11(14(19)27-16)18-10(21)7-17-8-3-5-9(6-4-8)20(25)26/h3-6,11-12,14,17H,7H2,1-2H3,(H,18,21)(H,23,24)/t11?,12-,14+/m0/s1. The van der Waals surface area contributed by atoms with Crippen LogP contribution in [0.25, 0.3) is 0 Å². The molecule has 1 unspecified atom stereocenters. The molecular weight excluding hydrogens is 376 g/mol. The van der Waals surface area contributed by atoms with E-state index in [1.807, 2.05) is 0 Å². The minimum absolute atomic E-state index is 0.0565.